The minimum Gasteiger partial charge on any atom is -0.464 e. The molecular weight excluding hydrogens is 498 g/mol. The zero-order valence-corrected chi connectivity index (χ0v) is 21.3. The first-order valence-electron chi connectivity index (χ1n) is 11.6. The highest BCUT2D eigenvalue weighted by molar-refractivity contribution is 7.86. The summed E-state index contributed by atoms with van der Waals surface area (Å²) in [7, 11) is -4.48. The van der Waals surface area contributed by atoms with Crippen molar-refractivity contribution in [3.8, 4) is 0 Å². The summed E-state index contributed by atoms with van der Waals surface area (Å²) < 4.78 is 42.2. The molecule has 0 saturated carbocycles. The molecule has 0 aliphatic heterocycles. The summed E-state index contributed by atoms with van der Waals surface area (Å²) >= 11 is 0. The van der Waals surface area contributed by atoms with Crippen molar-refractivity contribution in [3.63, 3.8) is 0 Å². The van der Waals surface area contributed by atoms with E-state index in [9.17, 15) is 18.0 Å². The molecule has 3 aromatic rings. The Morgan fingerprint density at radius 3 is 1.95 bits per heavy atom. The van der Waals surface area contributed by atoms with Crippen LogP contribution < -0.4 is 5.48 Å². The number of amides is 1. The van der Waals surface area contributed by atoms with Crippen molar-refractivity contribution < 1.29 is 36.5 Å². The molecule has 0 saturated heterocycles. The van der Waals surface area contributed by atoms with E-state index in [2.05, 4.69) is 5.48 Å². The Balaban J connectivity index is 1.86. The predicted molar refractivity (Wildman–Crippen MR) is 134 cm³/mol. The topological polar surface area (TPSA) is 117 Å². The maximum absolute atomic E-state index is 13.1. The lowest BCUT2D eigenvalue weighted by atomic mass is 10.2. The summed E-state index contributed by atoms with van der Waals surface area (Å²) in [6, 6.07) is 23.7. The Bertz CT molecular complexity index is 1250. The molecule has 3 aromatic carbocycles. The van der Waals surface area contributed by atoms with Crippen LogP contribution in [-0.2, 0) is 51.4 Å². The van der Waals surface area contributed by atoms with Crippen LogP contribution in [0.2, 0.25) is 0 Å². The lowest BCUT2D eigenvalue weighted by Gasteiger charge is -2.24. The van der Waals surface area contributed by atoms with Crippen LogP contribution in [0.3, 0.4) is 0 Å². The highest BCUT2D eigenvalue weighted by Crippen LogP contribution is 2.20. The number of ether oxygens (including phenoxy) is 2. The van der Waals surface area contributed by atoms with Gasteiger partial charge < -0.3 is 9.47 Å². The average molecular weight is 528 g/mol. The number of hydroxylamine groups is 1. The lowest BCUT2D eigenvalue weighted by Crippen LogP contribution is -2.50. The van der Waals surface area contributed by atoms with Crippen molar-refractivity contribution in [2.75, 3.05) is 6.61 Å². The molecule has 1 amide bonds. The minimum atomic E-state index is -4.48. The molecule has 0 fully saturated rings. The second-order valence-corrected chi connectivity index (χ2v) is 9.57. The van der Waals surface area contributed by atoms with Crippen molar-refractivity contribution in [1.29, 1.82) is 0 Å². The number of hydrogen-bond acceptors (Lipinski definition) is 8. The Morgan fingerprint density at radius 2 is 1.38 bits per heavy atom. The van der Waals surface area contributed by atoms with Crippen molar-refractivity contribution in [2.24, 2.45) is 0 Å². The first kappa shape index (κ1) is 28.0. The number of hydrogen-bond donors (Lipinski definition) is 1. The van der Waals surface area contributed by atoms with Crippen molar-refractivity contribution >= 4 is 22.0 Å². The molecule has 0 spiro atoms. The van der Waals surface area contributed by atoms with Gasteiger partial charge in [-0.25, -0.2) is 14.5 Å². The Kier molecular flexibility index (Phi) is 10.3. The van der Waals surface area contributed by atoms with Crippen LogP contribution in [0.15, 0.2) is 89.8 Å². The molecular formula is C27H29NO8S. The van der Waals surface area contributed by atoms with Crippen LogP contribution in [0.5, 0.6) is 0 Å². The third-order valence-corrected chi connectivity index (χ3v) is 6.43. The fourth-order valence-electron chi connectivity index (χ4n) is 3.22. The smallest absolute Gasteiger partial charge is 0.338 e. The van der Waals surface area contributed by atoms with E-state index < -0.39 is 34.2 Å². The van der Waals surface area contributed by atoms with Crippen LogP contribution in [0.4, 0.5) is 0 Å². The van der Waals surface area contributed by atoms with E-state index in [1.54, 1.807) is 74.5 Å². The molecule has 0 bridgehead atoms. The number of carbonyl (C=O) groups is 2. The minimum absolute atomic E-state index is 0.00103. The van der Waals surface area contributed by atoms with Gasteiger partial charge in [0.25, 0.3) is 16.0 Å². The third kappa shape index (κ3) is 8.50. The first-order chi connectivity index (χ1) is 17.8. The fraction of sp³-hybridized carbons (Fsp3) is 0.259. The van der Waals surface area contributed by atoms with Crippen molar-refractivity contribution in [3.05, 3.63) is 102 Å². The van der Waals surface area contributed by atoms with Gasteiger partial charge in [0.2, 0.25) is 0 Å². The molecule has 0 aliphatic rings. The first-order valence-corrected chi connectivity index (χ1v) is 13.0. The molecule has 196 valence electrons. The largest absolute Gasteiger partial charge is 0.464 e. The molecule has 9 nitrogen and oxygen atoms in total. The summed E-state index contributed by atoms with van der Waals surface area (Å²) in [6.45, 7) is 3.25. The highest BCUT2D eigenvalue weighted by atomic mass is 32.2. The van der Waals surface area contributed by atoms with Crippen molar-refractivity contribution in [1.82, 2.24) is 5.48 Å². The number of nitrogens with one attached hydrogen (secondary N) is 1. The van der Waals surface area contributed by atoms with Crippen LogP contribution in [-0.4, -0.2) is 39.1 Å². The molecule has 3 rings (SSSR count). The van der Waals surface area contributed by atoms with Gasteiger partial charge in [-0.2, -0.15) is 8.42 Å². The van der Waals surface area contributed by atoms with Gasteiger partial charge in [-0.3, -0.25) is 9.63 Å². The molecule has 0 radical (unpaired) electrons. The summed E-state index contributed by atoms with van der Waals surface area (Å²) in [5.41, 5.74) is 4.46. The maximum Gasteiger partial charge on any atom is 0.338 e. The van der Waals surface area contributed by atoms with E-state index in [0.29, 0.717) is 5.56 Å². The van der Waals surface area contributed by atoms with E-state index in [1.165, 1.54) is 12.1 Å². The molecule has 10 heteroatoms. The fourth-order valence-corrected chi connectivity index (χ4v) is 4.26. The molecule has 0 aliphatic carbocycles. The van der Waals surface area contributed by atoms with Gasteiger partial charge >= 0.3 is 5.97 Å². The zero-order chi connectivity index (χ0) is 26.7. The monoisotopic (exact) mass is 527 g/mol. The maximum atomic E-state index is 13.1. The summed E-state index contributed by atoms with van der Waals surface area (Å²) in [4.78, 5) is 31.1. The Labute approximate surface area is 216 Å². The number of aryl methyl sites for hydroxylation is 1. The van der Waals surface area contributed by atoms with Gasteiger partial charge in [-0.15, -0.1) is 0 Å². The average Bonchev–Trinajstić information content (AvgIpc) is 2.89. The zero-order valence-electron chi connectivity index (χ0n) is 20.5. The molecule has 2 atom stereocenters. The quantitative estimate of drug-likeness (QED) is 0.204. The van der Waals surface area contributed by atoms with Crippen LogP contribution in [0.25, 0.3) is 0 Å². The number of benzene rings is 3. The van der Waals surface area contributed by atoms with Crippen LogP contribution in [0, 0.1) is 6.92 Å². The van der Waals surface area contributed by atoms with Gasteiger partial charge in [-0.05, 0) is 37.1 Å². The summed E-state index contributed by atoms with van der Waals surface area (Å²) in [5, 5.41) is 0. The third-order valence-electron chi connectivity index (χ3n) is 5.12. The van der Waals surface area contributed by atoms with E-state index in [4.69, 9.17) is 18.5 Å². The molecule has 0 aromatic heterocycles. The molecule has 0 heterocycles. The summed E-state index contributed by atoms with van der Waals surface area (Å²) in [5.74, 6) is -1.99. The molecule has 1 N–H and O–H groups in total. The summed E-state index contributed by atoms with van der Waals surface area (Å²) in [6.07, 6.45) is -3.65. The number of rotatable bonds is 13. The van der Waals surface area contributed by atoms with Crippen LogP contribution in [0.1, 0.15) is 23.6 Å². The Morgan fingerprint density at radius 1 is 0.811 bits per heavy atom. The second kappa shape index (κ2) is 13.7. The molecule has 37 heavy (non-hydrogen) atoms. The van der Waals surface area contributed by atoms with Gasteiger partial charge in [-0.1, -0.05) is 78.4 Å². The molecule has 0 unspecified atom stereocenters. The lowest BCUT2D eigenvalue weighted by molar-refractivity contribution is -0.171. The highest BCUT2D eigenvalue weighted by Gasteiger charge is 2.41. The van der Waals surface area contributed by atoms with E-state index in [-0.39, 0.29) is 24.7 Å². The van der Waals surface area contributed by atoms with Gasteiger partial charge in [0, 0.05) is 0 Å². The van der Waals surface area contributed by atoms with Crippen molar-refractivity contribution in [2.45, 2.75) is 44.2 Å². The van der Waals surface area contributed by atoms with Gasteiger partial charge in [0.15, 0.2) is 12.2 Å². The van der Waals surface area contributed by atoms with Gasteiger partial charge in [0.05, 0.1) is 24.7 Å². The van der Waals surface area contributed by atoms with E-state index >= 15 is 0 Å². The number of carbonyl (C=O) groups excluding carboxylic acids is 2. The normalized spacial score (nSPS) is 12.9. The SMILES string of the molecule is CCOC(=O)[C@H](OCc1ccccc1)[C@@H](OS(=O)(=O)c1ccc(C)cc1)C(=O)NOCc1ccccc1. The van der Waals surface area contributed by atoms with E-state index in [1.807, 2.05) is 12.1 Å². The second-order valence-electron chi connectivity index (χ2n) is 7.99. The predicted octanol–water partition coefficient (Wildman–Crippen LogP) is 3.47. The standard InChI is InChI=1S/C27H29NO8S/c1-3-33-27(30)25(34-18-21-10-6-4-7-11-21)24(26(29)28-35-19-22-12-8-5-9-13-22)36-37(31,32)23-16-14-20(2)15-17-23/h4-17,24-25H,3,18-19H2,1-2H3,(H,28,29)/t24-,25-/m1/s1. The van der Waals surface area contributed by atoms with E-state index in [0.717, 1.165) is 11.1 Å². The number of esters is 1. The van der Waals surface area contributed by atoms with Crippen LogP contribution >= 0.6 is 0 Å². The Hall–Kier alpha value is -3.57. The van der Waals surface area contributed by atoms with Gasteiger partial charge in [0.1, 0.15) is 0 Å².